The van der Waals surface area contributed by atoms with Gasteiger partial charge in [-0.25, -0.2) is 22.7 Å². The first-order chi connectivity index (χ1) is 11.6. The van der Waals surface area contributed by atoms with E-state index in [-0.39, 0.29) is 5.25 Å². The zero-order valence-electron chi connectivity index (χ0n) is 13.9. The summed E-state index contributed by atoms with van der Waals surface area (Å²) in [6.07, 6.45) is 8.71. The highest BCUT2D eigenvalue weighted by Crippen LogP contribution is 2.36. The fourth-order valence-electron chi connectivity index (χ4n) is 3.47. The second-order valence-corrected chi connectivity index (χ2v) is 9.52. The standard InChI is InChI=1S/C17H25N3O3S/c21-24(22,15-4-5-15)20-8-6-13(7-9-20)11-23-17-10-16(18-12-19-17)14-2-1-3-14/h10,12-15H,1-9,11H2. The van der Waals surface area contributed by atoms with E-state index in [1.54, 1.807) is 10.6 Å². The lowest BCUT2D eigenvalue weighted by Gasteiger charge is -2.31. The Morgan fingerprint density at radius 1 is 1.08 bits per heavy atom. The first kappa shape index (κ1) is 16.3. The molecule has 0 aromatic carbocycles. The van der Waals surface area contributed by atoms with E-state index >= 15 is 0 Å². The molecular formula is C17H25N3O3S. The molecule has 0 bridgehead atoms. The van der Waals surface area contributed by atoms with E-state index in [4.69, 9.17) is 4.74 Å². The number of hydrogen-bond acceptors (Lipinski definition) is 5. The van der Waals surface area contributed by atoms with Gasteiger partial charge in [0, 0.05) is 25.1 Å². The van der Waals surface area contributed by atoms with Crippen molar-refractivity contribution in [2.75, 3.05) is 19.7 Å². The van der Waals surface area contributed by atoms with Crippen molar-refractivity contribution in [3.8, 4) is 5.88 Å². The quantitative estimate of drug-likeness (QED) is 0.786. The molecule has 1 saturated heterocycles. The van der Waals surface area contributed by atoms with E-state index in [2.05, 4.69) is 9.97 Å². The Labute approximate surface area is 143 Å². The lowest BCUT2D eigenvalue weighted by atomic mass is 9.83. The summed E-state index contributed by atoms with van der Waals surface area (Å²) < 4.78 is 32.0. The van der Waals surface area contributed by atoms with Crippen LogP contribution in [0.2, 0.25) is 0 Å². The summed E-state index contributed by atoms with van der Waals surface area (Å²) in [5.74, 6) is 1.63. The molecule has 0 spiro atoms. The Morgan fingerprint density at radius 2 is 1.83 bits per heavy atom. The molecule has 0 unspecified atom stereocenters. The van der Waals surface area contributed by atoms with E-state index in [0.717, 1.165) is 31.4 Å². The van der Waals surface area contributed by atoms with Gasteiger partial charge in [0.1, 0.15) is 6.33 Å². The zero-order valence-corrected chi connectivity index (χ0v) is 14.7. The number of nitrogens with zero attached hydrogens (tertiary/aromatic N) is 3. The largest absolute Gasteiger partial charge is 0.477 e. The van der Waals surface area contributed by atoms with Gasteiger partial charge in [0.15, 0.2) is 0 Å². The molecule has 24 heavy (non-hydrogen) atoms. The average molecular weight is 351 g/mol. The molecular weight excluding hydrogens is 326 g/mol. The number of piperidine rings is 1. The Balaban J connectivity index is 1.27. The molecule has 3 aliphatic rings. The molecule has 1 aromatic rings. The first-order valence-corrected chi connectivity index (χ1v) is 10.6. The smallest absolute Gasteiger partial charge is 0.216 e. The summed E-state index contributed by atoms with van der Waals surface area (Å²) in [6.45, 7) is 1.87. The average Bonchev–Trinajstić information content (AvgIpc) is 3.37. The molecule has 6 nitrogen and oxygen atoms in total. The van der Waals surface area contributed by atoms with Crippen molar-refractivity contribution in [3.63, 3.8) is 0 Å². The van der Waals surface area contributed by atoms with Crippen molar-refractivity contribution < 1.29 is 13.2 Å². The van der Waals surface area contributed by atoms with Gasteiger partial charge in [-0.15, -0.1) is 0 Å². The van der Waals surface area contributed by atoms with Gasteiger partial charge < -0.3 is 4.74 Å². The van der Waals surface area contributed by atoms with Gasteiger partial charge in [0.05, 0.1) is 17.6 Å². The van der Waals surface area contributed by atoms with E-state index in [0.29, 0.717) is 37.4 Å². The fraction of sp³-hybridized carbons (Fsp3) is 0.765. The maximum Gasteiger partial charge on any atom is 0.216 e. The van der Waals surface area contributed by atoms with E-state index in [1.165, 1.54) is 19.3 Å². The normalized spacial score (nSPS) is 23.8. The summed E-state index contributed by atoms with van der Waals surface area (Å²) in [5.41, 5.74) is 1.09. The molecule has 3 fully saturated rings. The molecule has 2 heterocycles. The number of hydrogen-bond donors (Lipinski definition) is 0. The fourth-order valence-corrected chi connectivity index (χ4v) is 5.34. The molecule has 0 radical (unpaired) electrons. The van der Waals surface area contributed by atoms with Crippen LogP contribution in [0.3, 0.4) is 0 Å². The van der Waals surface area contributed by atoms with Crippen LogP contribution < -0.4 is 4.74 Å². The van der Waals surface area contributed by atoms with Gasteiger partial charge in [0.2, 0.25) is 15.9 Å². The van der Waals surface area contributed by atoms with Crippen LogP contribution in [0.25, 0.3) is 0 Å². The molecule has 7 heteroatoms. The molecule has 2 aliphatic carbocycles. The maximum absolute atomic E-state index is 12.2. The molecule has 0 amide bonds. The minimum Gasteiger partial charge on any atom is -0.477 e. The van der Waals surface area contributed by atoms with Gasteiger partial charge in [0.25, 0.3) is 0 Å². The van der Waals surface area contributed by atoms with Crippen LogP contribution >= 0.6 is 0 Å². The number of rotatable bonds is 6. The van der Waals surface area contributed by atoms with Gasteiger partial charge >= 0.3 is 0 Å². The number of aromatic nitrogens is 2. The number of ether oxygens (including phenoxy) is 1. The van der Waals surface area contributed by atoms with Crippen molar-refractivity contribution in [2.24, 2.45) is 5.92 Å². The third kappa shape index (κ3) is 3.42. The number of sulfonamides is 1. The van der Waals surface area contributed by atoms with Gasteiger partial charge in [-0.05, 0) is 44.4 Å². The van der Waals surface area contributed by atoms with Crippen LogP contribution in [0.1, 0.15) is 56.6 Å². The summed E-state index contributed by atoms with van der Waals surface area (Å²) >= 11 is 0. The van der Waals surface area contributed by atoms with E-state index in [9.17, 15) is 8.42 Å². The maximum atomic E-state index is 12.2. The predicted molar refractivity (Wildman–Crippen MR) is 90.4 cm³/mol. The topological polar surface area (TPSA) is 72.4 Å². The molecule has 132 valence electrons. The highest BCUT2D eigenvalue weighted by atomic mass is 32.2. The van der Waals surface area contributed by atoms with E-state index in [1.807, 2.05) is 6.07 Å². The van der Waals surface area contributed by atoms with Crippen LogP contribution in [0.5, 0.6) is 5.88 Å². The van der Waals surface area contributed by atoms with Crippen LogP contribution in [0.15, 0.2) is 12.4 Å². The van der Waals surface area contributed by atoms with Gasteiger partial charge in [-0.1, -0.05) is 6.42 Å². The summed E-state index contributed by atoms with van der Waals surface area (Å²) in [4.78, 5) is 8.56. The Kier molecular flexibility index (Phi) is 4.47. The van der Waals surface area contributed by atoms with Crippen LogP contribution in [0.4, 0.5) is 0 Å². The van der Waals surface area contributed by atoms with Crippen molar-refractivity contribution in [1.82, 2.24) is 14.3 Å². The Bertz CT molecular complexity index is 678. The van der Waals surface area contributed by atoms with Gasteiger partial charge in [-0.3, -0.25) is 0 Å². The highest BCUT2D eigenvalue weighted by molar-refractivity contribution is 7.90. The summed E-state index contributed by atoms with van der Waals surface area (Å²) in [5, 5.41) is -0.101. The van der Waals surface area contributed by atoms with Crippen molar-refractivity contribution in [1.29, 1.82) is 0 Å². The SMILES string of the molecule is O=S(=O)(C1CC1)N1CCC(COc2cc(C3CCC3)ncn2)CC1. The van der Waals surface area contributed by atoms with Crippen LogP contribution in [-0.2, 0) is 10.0 Å². The summed E-state index contributed by atoms with van der Waals surface area (Å²) in [7, 11) is -3.02. The lowest BCUT2D eigenvalue weighted by Crippen LogP contribution is -2.41. The molecule has 1 aromatic heterocycles. The van der Waals surface area contributed by atoms with Crippen molar-refractivity contribution in [3.05, 3.63) is 18.1 Å². The second kappa shape index (κ2) is 6.59. The predicted octanol–water partition coefficient (Wildman–Crippen LogP) is 2.33. The molecule has 4 rings (SSSR count). The third-order valence-corrected chi connectivity index (χ3v) is 7.93. The Hall–Kier alpha value is -1.21. The van der Waals surface area contributed by atoms with Crippen LogP contribution in [0, 0.1) is 5.92 Å². The lowest BCUT2D eigenvalue weighted by molar-refractivity contribution is 0.180. The highest BCUT2D eigenvalue weighted by Gasteiger charge is 2.41. The zero-order chi connectivity index (χ0) is 16.6. The third-order valence-electron chi connectivity index (χ3n) is 5.53. The minimum atomic E-state index is -3.02. The molecule has 1 aliphatic heterocycles. The van der Waals surface area contributed by atoms with E-state index < -0.39 is 10.0 Å². The molecule has 0 N–H and O–H groups in total. The monoisotopic (exact) mass is 351 g/mol. The van der Waals surface area contributed by atoms with Crippen LogP contribution in [-0.4, -0.2) is 47.6 Å². The minimum absolute atomic E-state index is 0.101. The van der Waals surface area contributed by atoms with Gasteiger partial charge in [-0.2, -0.15) is 0 Å². The first-order valence-electron chi connectivity index (χ1n) is 9.06. The second-order valence-electron chi connectivity index (χ2n) is 7.31. The van der Waals surface area contributed by atoms with Crippen molar-refractivity contribution in [2.45, 2.75) is 56.1 Å². The summed E-state index contributed by atoms with van der Waals surface area (Å²) in [6, 6.07) is 1.97. The van der Waals surface area contributed by atoms with Crippen molar-refractivity contribution >= 4 is 10.0 Å². The molecule has 0 atom stereocenters. The Morgan fingerprint density at radius 3 is 2.46 bits per heavy atom. The molecule has 2 saturated carbocycles.